The van der Waals surface area contributed by atoms with Crippen molar-refractivity contribution in [1.82, 2.24) is 5.32 Å². The molecule has 1 unspecified atom stereocenters. The zero-order chi connectivity index (χ0) is 15.7. The first-order valence-electron chi connectivity index (χ1n) is 8.55. The van der Waals surface area contributed by atoms with Crippen LogP contribution in [0, 0.1) is 19.8 Å². The van der Waals surface area contributed by atoms with E-state index >= 15 is 0 Å². The van der Waals surface area contributed by atoms with Gasteiger partial charge >= 0.3 is 0 Å². The quantitative estimate of drug-likeness (QED) is 0.654. The van der Waals surface area contributed by atoms with Gasteiger partial charge < -0.3 is 10.1 Å². The van der Waals surface area contributed by atoms with E-state index in [0.717, 1.165) is 25.4 Å². The molecule has 0 heterocycles. The molecule has 0 radical (unpaired) electrons. The second-order valence-electron chi connectivity index (χ2n) is 6.07. The van der Waals surface area contributed by atoms with E-state index in [9.17, 15) is 0 Å². The van der Waals surface area contributed by atoms with Gasteiger partial charge in [-0.05, 0) is 49.4 Å². The highest BCUT2D eigenvalue weighted by Gasteiger charge is 2.11. The SMILES string of the molecule is CCCCC(CC)COc1c(C)cc(CNCC)cc1C. The van der Waals surface area contributed by atoms with Crippen LogP contribution in [0.5, 0.6) is 5.75 Å². The number of ether oxygens (including phenoxy) is 1. The van der Waals surface area contributed by atoms with Crippen LogP contribution in [0.1, 0.15) is 63.1 Å². The average Bonchev–Trinajstić information content (AvgIpc) is 2.47. The maximum Gasteiger partial charge on any atom is 0.125 e. The third-order valence-electron chi connectivity index (χ3n) is 4.11. The van der Waals surface area contributed by atoms with Gasteiger partial charge in [-0.1, -0.05) is 52.2 Å². The summed E-state index contributed by atoms with van der Waals surface area (Å²) in [5.41, 5.74) is 3.86. The third kappa shape index (κ3) is 6.09. The maximum absolute atomic E-state index is 6.16. The van der Waals surface area contributed by atoms with Crippen LogP contribution in [0.3, 0.4) is 0 Å². The molecule has 0 saturated carbocycles. The van der Waals surface area contributed by atoms with E-state index in [1.807, 2.05) is 0 Å². The van der Waals surface area contributed by atoms with Gasteiger partial charge in [-0.25, -0.2) is 0 Å². The number of rotatable bonds is 10. The van der Waals surface area contributed by atoms with E-state index in [1.165, 1.54) is 42.4 Å². The summed E-state index contributed by atoms with van der Waals surface area (Å²) in [7, 11) is 0. The molecule has 0 amide bonds. The van der Waals surface area contributed by atoms with E-state index in [-0.39, 0.29) is 0 Å². The largest absolute Gasteiger partial charge is 0.493 e. The predicted molar refractivity (Wildman–Crippen MR) is 92.1 cm³/mol. The van der Waals surface area contributed by atoms with Crippen LogP contribution in [0.2, 0.25) is 0 Å². The van der Waals surface area contributed by atoms with Gasteiger partial charge in [-0.2, -0.15) is 0 Å². The van der Waals surface area contributed by atoms with Crippen molar-refractivity contribution >= 4 is 0 Å². The Morgan fingerprint density at radius 1 is 1.10 bits per heavy atom. The maximum atomic E-state index is 6.16. The molecule has 0 fully saturated rings. The van der Waals surface area contributed by atoms with Gasteiger partial charge in [0, 0.05) is 6.54 Å². The fourth-order valence-electron chi connectivity index (χ4n) is 2.74. The van der Waals surface area contributed by atoms with Crippen LogP contribution in [0.4, 0.5) is 0 Å². The van der Waals surface area contributed by atoms with Crippen molar-refractivity contribution < 1.29 is 4.74 Å². The summed E-state index contributed by atoms with van der Waals surface area (Å²) in [6.07, 6.45) is 5.06. The first-order chi connectivity index (χ1) is 10.1. The average molecular weight is 291 g/mol. The van der Waals surface area contributed by atoms with Gasteiger partial charge in [0.15, 0.2) is 0 Å². The number of hydrogen-bond acceptors (Lipinski definition) is 2. The Morgan fingerprint density at radius 2 is 1.76 bits per heavy atom. The molecule has 2 heteroatoms. The Balaban J connectivity index is 2.66. The summed E-state index contributed by atoms with van der Waals surface area (Å²) in [6.45, 7) is 13.8. The lowest BCUT2D eigenvalue weighted by atomic mass is 10.0. The summed E-state index contributed by atoms with van der Waals surface area (Å²) >= 11 is 0. The molecule has 2 nitrogen and oxygen atoms in total. The predicted octanol–water partition coefficient (Wildman–Crippen LogP) is 5.01. The standard InChI is InChI=1S/C19H33NO/c1-6-9-10-17(7-2)14-21-19-15(4)11-18(12-16(19)5)13-20-8-3/h11-12,17,20H,6-10,13-14H2,1-5H3. The van der Waals surface area contributed by atoms with Crippen LogP contribution in [-0.2, 0) is 6.54 Å². The molecule has 0 bridgehead atoms. The summed E-state index contributed by atoms with van der Waals surface area (Å²) < 4.78 is 6.16. The number of benzene rings is 1. The van der Waals surface area contributed by atoms with Crippen molar-refractivity contribution in [2.45, 2.75) is 66.8 Å². The minimum absolute atomic E-state index is 0.685. The van der Waals surface area contributed by atoms with E-state index < -0.39 is 0 Å². The first-order valence-corrected chi connectivity index (χ1v) is 8.55. The lowest BCUT2D eigenvalue weighted by Crippen LogP contribution is -2.14. The Kier molecular flexibility index (Phi) is 8.44. The first kappa shape index (κ1) is 18.0. The van der Waals surface area contributed by atoms with Gasteiger partial charge in [-0.3, -0.25) is 0 Å². The van der Waals surface area contributed by atoms with Crippen molar-refractivity contribution in [3.8, 4) is 5.75 Å². The summed E-state index contributed by atoms with van der Waals surface area (Å²) in [5.74, 6) is 1.77. The van der Waals surface area contributed by atoms with E-state index in [2.05, 4.69) is 52.1 Å². The number of unbranched alkanes of at least 4 members (excludes halogenated alkanes) is 1. The van der Waals surface area contributed by atoms with Gasteiger partial charge in [0.05, 0.1) is 6.61 Å². The Labute approximate surface area is 131 Å². The highest BCUT2D eigenvalue weighted by atomic mass is 16.5. The Hall–Kier alpha value is -1.02. The van der Waals surface area contributed by atoms with Crippen LogP contribution >= 0.6 is 0 Å². The van der Waals surface area contributed by atoms with Crippen molar-refractivity contribution in [3.63, 3.8) is 0 Å². The van der Waals surface area contributed by atoms with Gasteiger partial charge in [0.1, 0.15) is 5.75 Å². The van der Waals surface area contributed by atoms with Crippen LogP contribution < -0.4 is 10.1 Å². The third-order valence-corrected chi connectivity index (χ3v) is 4.11. The number of aryl methyl sites for hydroxylation is 2. The molecule has 0 aromatic heterocycles. The molecule has 0 aliphatic heterocycles. The molecular formula is C19H33NO. The second kappa shape index (κ2) is 9.83. The lowest BCUT2D eigenvalue weighted by Gasteiger charge is -2.19. The monoisotopic (exact) mass is 291 g/mol. The highest BCUT2D eigenvalue weighted by molar-refractivity contribution is 5.43. The minimum Gasteiger partial charge on any atom is -0.493 e. The van der Waals surface area contributed by atoms with Crippen LogP contribution in [-0.4, -0.2) is 13.2 Å². The van der Waals surface area contributed by atoms with Gasteiger partial charge in [-0.15, -0.1) is 0 Å². The molecule has 1 atom stereocenters. The normalized spacial score (nSPS) is 12.4. The number of hydrogen-bond donors (Lipinski definition) is 1. The zero-order valence-electron chi connectivity index (χ0n) is 14.6. The van der Waals surface area contributed by atoms with Crippen molar-refractivity contribution in [1.29, 1.82) is 0 Å². The fraction of sp³-hybridized carbons (Fsp3) is 0.684. The molecule has 0 saturated heterocycles. The lowest BCUT2D eigenvalue weighted by molar-refractivity contribution is 0.231. The van der Waals surface area contributed by atoms with Crippen LogP contribution in [0.25, 0.3) is 0 Å². The minimum atomic E-state index is 0.685. The molecule has 0 aliphatic rings. The van der Waals surface area contributed by atoms with E-state index in [1.54, 1.807) is 0 Å². The molecule has 0 aliphatic carbocycles. The Bertz CT molecular complexity index is 391. The second-order valence-corrected chi connectivity index (χ2v) is 6.07. The molecule has 120 valence electrons. The number of nitrogens with one attached hydrogen (secondary N) is 1. The summed E-state index contributed by atoms with van der Waals surface area (Å²) in [6, 6.07) is 4.50. The van der Waals surface area contributed by atoms with Gasteiger partial charge in [0.2, 0.25) is 0 Å². The van der Waals surface area contributed by atoms with Crippen molar-refractivity contribution in [2.24, 2.45) is 5.92 Å². The van der Waals surface area contributed by atoms with Gasteiger partial charge in [0.25, 0.3) is 0 Å². The fourth-order valence-corrected chi connectivity index (χ4v) is 2.74. The summed E-state index contributed by atoms with van der Waals surface area (Å²) in [4.78, 5) is 0. The van der Waals surface area contributed by atoms with E-state index in [0.29, 0.717) is 5.92 Å². The molecule has 0 spiro atoms. The topological polar surface area (TPSA) is 21.3 Å². The molecule has 1 aromatic rings. The molecular weight excluding hydrogens is 258 g/mol. The summed E-state index contributed by atoms with van der Waals surface area (Å²) in [5, 5.41) is 3.38. The molecule has 1 aromatic carbocycles. The Morgan fingerprint density at radius 3 is 2.29 bits per heavy atom. The van der Waals surface area contributed by atoms with Crippen molar-refractivity contribution in [2.75, 3.05) is 13.2 Å². The van der Waals surface area contributed by atoms with E-state index in [4.69, 9.17) is 4.74 Å². The highest BCUT2D eigenvalue weighted by Crippen LogP contribution is 2.26. The molecule has 1 rings (SSSR count). The van der Waals surface area contributed by atoms with Crippen molar-refractivity contribution in [3.05, 3.63) is 28.8 Å². The molecule has 21 heavy (non-hydrogen) atoms. The zero-order valence-corrected chi connectivity index (χ0v) is 14.6. The molecule has 1 N–H and O–H groups in total. The smallest absolute Gasteiger partial charge is 0.125 e. The van der Waals surface area contributed by atoms with Crippen LogP contribution in [0.15, 0.2) is 12.1 Å².